The molecule has 6 N–H and O–H groups in total. The number of anilines is 4. The Morgan fingerprint density at radius 3 is 1.33 bits per heavy atom. The van der Waals surface area contributed by atoms with Gasteiger partial charge in [0.2, 0.25) is 0 Å². The molecule has 0 aliphatic heterocycles. The van der Waals surface area contributed by atoms with E-state index in [0.29, 0.717) is 105 Å². The van der Waals surface area contributed by atoms with Gasteiger partial charge in [0.25, 0.3) is 10.1 Å². The van der Waals surface area contributed by atoms with E-state index in [1.165, 1.54) is 61.6 Å². The molecule has 11 rings (SSSR count). The van der Waals surface area contributed by atoms with Crippen LogP contribution < -0.4 is 30.7 Å². The molecule has 28 heteroatoms. The van der Waals surface area contributed by atoms with E-state index >= 15 is 0 Å². The summed E-state index contributed by atoms with van der Waals surface area (Å²) in [5.74, 6) is 4.35. The monoisotopic (exact) mass is 1490 g/mol. The van der Waals surface area contributed by atoms with Gasteiger partial charge in [-0.25, -0.2) is 45.6 Å². The Bertz CT molecular complexity index is 4450. The van der Waals surface area contributed by atoms with Gasteiger partial charge in [0, 0.05) is 66.0 Å². The van der Waals surface area contributed by atoms with Gasteiger partial charge in [-0.15, -0.1) is 24.0 Å². The number of rotatable bonds is 23. The predicted molar refractivity (Wildman–Crippen MR) is 373 cm³/mol. The normalized spacial score (nSPS) is 11.3. The third kappa shape index (κ3) is 22.5. The number of benzene rings is 7. The molecule has 20 nitrogen and oxygen atoms in total. The standard InChI is InChI=1S/2C29H26ClFN4O4S.C7H8O3S.CH4O.HI/c2*1-40(36,37)12-11-32-16-23-7-10-27(39-23)20-5-8-26-24(14-20)29(34-18-33-26)35-22-6-9-28(25(30)15-22)38-17-19-3-2-4-21(31)13-19;1-6-2-4-7(5-3-6)11(8,9)10;1-2;/h2*2-10,13-15,18,32H,11-12,16-17H2,1H3,(H,33,34,35);2-5H,1H3,(H,8,9,10);2H,1H3;1H. The molecule has 0 fully saturated rings. The lowest BCUT2D eigenvalue weighted by Crippen LogP contribution is -2.21. The van der Waals surface area contributed by atoms with E-state index in [9.17, 15) is 34.0 Å². The Balaban J connectivity index is 0.000000222. The molecule has 0 unspecified atom stereocenters. The number of aliphatic hydroxyl groups is 1. The Labute approximate surface area is 569 Å². The number of fused-ring (bicyclic) bond motifs is 2. The summed E-state index contributed by atoms with van der Waals surface area (Å²) in [4.78, 5) is 17.5. The molecular formula is C66H65Cl2F2IN8O12S3. The van der Waals surface area contributed by atoms with Crippen molar-refractivity contribution in [2.45, 2.75) is 38.1 Å². The number of hydrogen-bond donors (Lipinski definition) is 6. The van der Waals surface area contributed by atoms with Crippen molar-refractivity contribution in [3.63, 3.8) is 0 Å². The molecule has 0 saturated carbocycles. The molecule has 0 saturated heterocycles. The molecule has 0 atom stereocenters. The van der Waals surface area contributed by atoms with Crippen LogP contribution in [0.5, 0.6) is 11.5 Å². The molecule has 7 aromatic carbocycles. The molecule has 94 heavy (non-hydrogen) atoms. The molecular weight excluding hydrogens is 1430 g/mol. The average molecular weight is 1490 g/mol. The van der Waals surface area contributed by atoms with Gasteiger partial charge in [-0.1, -0.05) is 65.2 Å². The molecule has 4 aromatic heterocycles. The van der Waals surface area contributed by atoms with Crippen molar-refractivity contribution in [2.75, 3.05) is 54.9 Å². The van der Waals surface area contributed by atoms with Crippen LogP contribution in [0.15, 0.2) is 196 Å². The number of sulfone groups is 2. The van der Waals surface area contributed by atoms with Crippen LogP contribution in [0.4, 0.5) is 31.8 Å². The summed E-state index contributed by atoms with van der Waals surface area (Å²) in [7, 11) is -9.06. The van der Waals surface area contributed by atoms with Crippen LogP contribution in [0, 0.1) is 18.6 Å². The summed E-state index contributed by atoms with van der Waals surface area (Å²) in [6.07, 6.45) is 5.38. The minimum Gasteiger partial charge on any atom is -0.487 e. The van der Waals surface area contributed by atoms with Crippen molar-refractivity contribution in [2.24, 2.45) is 0 Å². The van der Waals surface area contributed by atoms with Crippen LogP contribution in [-0.2, 0) is 56.1 Å². The Morgan fingerprint density at radius 1 is 0.521 bits per heavy atom. The molecule has 11 aromatic rings. The highest BCUT2D eigenvalue weighted by Gasteiger charge is 2.15. The number of halogens is 5. The maximum atomic E-state index is 13.4. The van der Waals surface area contributed by atoms with Gasteiger partial charge in [-0.2, -0.15) is 8.42 Å². The summed E-state index contributed by atoms with van der Waals surface area (Å²) >= 11 is 12.9. The minimum absolute atomic E-state index is 0. The maximum Gasteiger partial charge on any atom is 0.294 e. The zero-order valence-corrected chi connectivity index (χ0v) is 57.2. The van der Waals surface area contributed by atoms with E-state index in [1.807, 2.05) is 79.7 Å². The van der Waals surface area contributed by atoms with Crippen molar-refractivity contribution in [1.82, 2.24) is 30.6 Å². The lowest BCUT2D eigenvalue weighted by molar-refractivity contribution is 0.306. The maximum absolute atomic E-state index is 13.4. The largest absolute Gasteiger partial charge is 0.487 e. The van der Waals surface area contributed by atoms with Crippen molar-refractivity contribution >= 4 is 122 Å². The van der Waals surface area contributed by atoms with Crippen LogP contribution >= 0.6 is 47.2 Å². The first kappa shape index (κ1) is 73.3. The quantitative estimate of drug-likeness (QED) is 0.0197. The fraction of sp³-hybridized carbons (Fsp3) is 0.182. The van der Waals surface area contributed by atoms with E-state index in [0.717, 1.165) is 45.6 Å². The second-order valence-electron chi connectivity index (χ2n) is 20.7. The molecule has 0 aliphatic carbocycles. The molecule has 0 aliphatic rings. The lowest BCUT2D eigenvalue weighted by Gasteiger charge is -2.12. The molecule has 0 amide bonds. The minimum atomic E-state index is -4.02. The van der Waals surface area contributed by atoms with Gasteiger partial charge >= 0.3 is 0 Å². The van der Waals surface area contributed by atoms with Gasteiger partial charge in [0.1, 0.15) is 103 Å². The molecule has 0 radical (unpaired) electrons. The topological polar surface area (TPSA) is 287 Å². The third-order valence-corrected chi connectivity index (χ3v) is 16.7. The second kappa shape index (κ2) is 34.3. The second-order valence-corrected chi connectivity index (χ2v) is 27.5. The first-order chi connectivity index (χ1) is 44.5. The summed E-state index contributed by atoms with van der Waals surface area (Å²) in [5, 5.41) is 22.1. The van der Waals surface area contributed by atoms with E-state index in [1.54, 1.807) is 60.7 Å². The van der Waals surface area contributed by atoms with Crippen LogP contribution in [-0.4, -0.2) is 99.1 Å². The number of nitrogens with one attached hydrogen (secondary N) is 4. The van der Waals surface area contributed by atoms with Crippen molar-refractivity contribution < 1.29 is 62.0 Å². The molecule has 0 spiro atoms. The van der Waals surface area contributed by atoms with Crippen molar-refractivity contribution in [3.8, 4) is 34.1 Å². The van der Waals surface area contributed by atoms with E-state index < -0.39 is 29.8 Å². The predicted octanol–water partition coefficient (Wildman–Crippen LogP) is 13.7. The fourth-order valence-electron chi connectivity index (χ4n) is 8.76. The van der Waals surface area contributed by atoms with E-state index in [2.05, 4.69) is 41.2 Å². The zero-order valence-electron chi connectivity index (χ0n) is 50.9. The summed E-state index contributed by atoms with van der Waals surface area (Å²) < 4.78 is 125. The van der Waals surface area contributed by atoms with Gasteiger partial charge in [-0.05, 0) is 152 Å². The van der Waals surface area contributed by atoms with E-state index in [-0.39, 0.29) is 65.2 Å². The lowest BCUT2D eigenvalue weighted by atomic mass is 10.1. The molecule has 4 heterocycles. The summed E-state index contributed by atoms with van der Waals surface area (Å²) in [5.41, 5.74) is 6.94. The number of ether oxygens (including phenoxy) is 2. The highest BCUT2D eigenvalue weighted by atomic mass is 127. The van der Waals surface area contributed by atoms with Gasteiger partial charge in [0.15, 0.2) is 0 Å². The number of aliphatic hydroxyl groups excluding tert-OH is 1. The number of furan rings is 2. The number of hydrogen-bond acceptors (Lipinski definition) is 19. The van der Waals surface area contributed by atoms with Crippen LogP contribution in [0.3, 0.4) is 0 Å². The van der Waals surface area contributed by atoms with Crippen LogP contribution in [0.2, 0.25) is 10.0 Å². The Kier molecular flexibility index (Phi) is 26.7. The molecule has 0 bridgehead atoms. The van der Waals surface area contributed by atoms with Crippen LogP contribution in [0.1, 0.15) is 28.2 Å². The van der Waals surface area contributed by atoms with Gasteiger partial charge in [0.05, 0.1) is 50.6 Å². The van der Waals surface area contributed by atoms with Gasteiger partial charge in [-0.3, -0.25) is 4.55 Å². The van der Waals surface area contributed by atoms with Crippen LogP contribution in [0.25, 0.3) is 44.5 Å². The first-order valence-electron chi connectivity index (χ1n) is 28.3. The van der Waals surface area contributed by atoms with Crippen molar-refractivity contribution in [3.05, 3.63) is 232 Å². The smallest absolute Gasteiger partial charge is 0.294 e. The SMILES string of the molecule is CO.CS(=O)(=O)CCNCc1ccc(-c2ccc3ncnc(Nc4ccc(OCc5cccc(F)c5)c(Cl)c4)c3c2)o1.CS(=O)(=O)CCNCc1ccc(-c2ccc3ncnc(Nc4ccc(OCc5cccc(F)c5)c(Cl)c4)c3c2)o1.Cc1ccc(S(=O)(=O)O)cc1.I. The summed E-state index contributed by atoms with van der Waals surface area (Å²) in [6.45, 7) is 3.75. The number of aromatic nitrogens is 4. The van der Waals surface area contributed by atoms with Crippen molar-refractivity contribution in [1.29, 1.82) is 0 Å². The summed E-state index contributed by atoms with van der Waals surface area (Å²) in [6, 6.07) is 47.9. The van der Waals surface area contributed by atoms with Gasteiger partial charge < -0.3 is 44.7 Å². The molecule has 494 valence electrons. The highest BCUT2D eigenvalue weighted by Crippen LogP contribution is 2.35. The number of aryl methyl sites for hydroxylation is 1. The Hall–Kier alpha value is -8.16. The first-order valence-corrected chi connectivity index (χ1v) is 34.6. The average Bonchev–Trinajstić information content (AvgIpc) is 1.21. The third-order valence-electron chi connectivity index (χ3n) is 13.3. The highest BCUT2D eigenvalue weighted by molar-refractivity contribution is 14.0. The fourth-order valence-corrected chi connectivity index (χ4v) is 10.7. The number of nitrogens with zero attached hydrogens (tertiary/aromatic N) is 4. The van der Waals surface area contributed by atoms with E-state index in [4.69, 9.17) is 51.2 Å². The Morgan fingerprint density at radius 2 is 0.947 bits per heavy atom. The zero-order chi connectivity index (χ0) is 66.7.